The van der Waals surface area contributed by atoms with E-state index in [4.69, 9.17) is 9.47 Å². The van der Waals surface area contributed by atoms with Gasteiger partial charge in [0.05, 0.1) is 35.7 Å². The molecule has 0 radical (unpaired) electrons. The van der Waals surface area contributed by atoms with Crippen LogP contribution in [0.1, 0.15) is 40.1 Å². The molecule has 0 aliphatic heterocycles. The normalized spacial score (nSPS) is 10.6. The van der Waals surface area contributed by atoms with Gasteiger partial charge in [-0.2, -0.15) is 0 Å². The molecule has 1 aromatic heterocycles. The first-order valence-electron chi connectivity index (χ1n) is 9.28. The van der Waals surface area contributed by atoms with E-state index in [1.807, 2.05) is 6.92 Å². The van der Waals surface area contributed by atoms with E-state index in [9.17, 15) is 14.7 Å². The fraction of sp³-hybridized carbons (Fsp3) is 0.227. The second kappa shape index (κ2) is 8.60. The molecule has 2 aromatic carbocycles. The van der Waals surface area contributed by atoms with E-state index in [2.05, 4.69) is 10.3 Å². The smallest absolute Gasteiger partial charge is 0.341 e. The number of benzene rings is 2. The summed E-state index contributed by atoms with van der Waals surface area (Å²) in [7, 11) is 0. The van der Waals surface area contributed by atoms with Crippen LogP contribution in [-0.2, 0) is 9.47 Å². The van der Waals surface area contributed by atoms with Gasteiger partial charge >= 0.3 is 11.9 Å². The molecule has 0 spiro atoms. The third-order valence-corrected chi connectivity index (χ3v) is 4.29. The summed E-state index contributed by atoms with van der Waals surface area (Å²) in [4.78, 5) is 29.0. The summed E-state index contributed by atoms with van der Waals surface area (Å²) in [5.41, 5.74) is 2.83. The minimum atomic E-state index is -0.557. The van der Waals surface area contributed by atoms with Gasteiger partial charge in [0.25, 0.3) is 0 Å². The lowest BCUT2D eigenvalue weighted by atomic mass is 10.1. The number of pyridine rings is 1. The molecular weight excluding hydrogens is 372 g/mol. The number of nitrogens with one attached hydrogen (secondary N) is 1. The van der Waals surface area contributed by atoms with Crippen molar-refractivity contribution in [1.82, 2.24) is 4.98 Å². The first kappa shape index (κ1) is 20.1. The molecule has 0 saturated carbocycles. The number of nitrogens with zero attached hydrogens (tertiary/aromatic N) is 1. The van der Waals surface area contributed by atoms with Gasteiger partial charge in [-0.25, -0.2) is 9.59 Å². The van der Waals surface area contributed by atoms with Crippen LogP contribution in [0, 0.1) is 6.92 Å². The molecule has 29 heavy (non-hydrogen) atoms. The number of aromatic hydroxyl groups is 1. The van der Waals surface area contributed by atoms with Crippen molar-refractivity contribution in [2.45, 2.75) is 20.8 Å². The summed E-state index contributed by atoms with van der Waals surface area (Å²) < 4.78 is 10.2. The predicted molar refractivity (Wildman–Crippen MR) is 110 cm³/mol. The van der Waals surface area contributed by atoms with E-state index < -0.39 is 11.9 Å². The summed E-state index contributed by atoms with van der Waals surface area (Å²) in [6.45, 7) is 5.78. The van der Waals surface area contributed by atoms with Crippen molar-refractivity contribution in [2.24, 2.45) is 0 Å². The van der Waals surface area contributed by atoms with Gasteiger partial charge in [-0.1, -0.05) is 6.07 Å². The summed E-state index contributed by atoms with van der Waals surface area (Å²) >= 11 is 0. The van der Waals surface area contributed by atoms with Crippen molar-refractivity contribution in [3.8, 4) is 5.75 Å². The van der Waals surface area contributed by atoms with Crippen molar-refractivity contribution in [3.05, 3.63) is 59.3 Å². The van der Waals surface area contributed by atoms with Crippen molar-refractivity contribution in [2.75, 3.05) is 18.5 Å². The number of anilines is 2. The molecular formula is C22H22N2O5. The van der Waals surface area contributed by atoms with Crippen LogP contribution in [0.3, 0.4) is 0 Å². The lowest BCUT2D eigenvalue weighted by Crippen LogP contribution is -2.10. The van der Waals surface area contributed by atoms with Gasteiger partial charge in [-0.05, 0) is 56.7 Å². The predicted octanol–water partition coefficient (Wildman–Crippen LogP) is 4.35. The number of rotatable bonds is 6. The molecule has 150 valence electrons. The third kappa shape index (κ3) is 4.29. The Kier molecular flexibility index (Phi) is 5.97. The van der Waals surface area contributed by atoms with Crippen LogP contribution < -0.4 is 5.32 Å². The van der Waals surface area contributed by atoms with E-state index in [1.54, 1.807) is 50.2 Å². The van der Waals surface area contributed by atoms with Gasteiger partial charge in [-0.3, -0.25) is 4.98 Å². The molecule has 0 saturated heterocycles. The maximum Gasteiger partial charge on any atom is 0.341 e. The molecule has 0 aliphatic carbocycles. The lowest BCUT2D eigenvalue weighted by molar-refractivity contribution is 0.0518. The Morgan fingerprint density at radius 3 is 2.48 bits per heavy atom. The van der Waals surface area contributed by atoms with Gasteiger partial charge in [0, 0.05) is 11.6 Å². The maximum atomic E-state index is 12.5. The number of aryl methyl sites for hydroxylation is 1. The van der Waals surface area contributed by atoms with Gasteiger partial charge in [0.2, 0.25) is 0 Å². The minimum Gasteiger partial charge on any atom is -0.506 e. The van der Waals surface area contributed by atoms with Gasteiger partial charge in [0.1, 0.15) is 11.3 Å². The van der Waals surface area contributed by atoms with Crippen molar-refractivity contribution in [3.63, 3.8) is 0 Å². The Hall–Kier alpha value is -3.61. The van der Waals surface area contributed by atoms with E-state index in [0.717, 1.165) is 5.56 Å². The van der Waals surface area contributed by atoms with E-state index in [0.29, 0.717) is 27.8 Å². The second-order valence-corrected chi connectivity index (χ2v) is 6.37. The van der Waals surface area contributed by atoms with Crippen molar-refractivity contribution < 1.29 is 24.2 Å². The number of hydrogen-bond donors (Lipinski definition) is 2. The quantitative estimate of drug-likeness (QED) is 0.474. The maximum absolute atomic E-state index is 12.5. The average Bonchev–Trinajstić information content (AvgIpc) is 2.70. The number of aromatic nitrogens is 1. The largest absolute Gasteiger partial charge is 0.506 e. The van der Waals surface area contributed by atoms with Crippen LogP contribution in [0.4, 0.5) is 11.4 Å². The molecule has 7 heteroatoms. The Morgan fingerprint density at radius 2 is 1.76 bits per heavy atom. The molecule has 3 aromatic rings. The number of fused-ring (bicyclic) bond motifs is 1. The highest BCUT2D eigenvalue weighted by Crippen LogP contribution is 2.34. The molecule has 0 bridgehead atoms. The second-order valence-electron chi connectivity index (χ2n) is 6.37. The molecule has 1 heterocycles. The number of carbonyl (C=O) groups excluding carboxylic acids is 2. The van der Waals surface area contributed by atoms with Gasteiger partial charge in [0.15, 0.2) is 0 Å². The topological polar surface area (TPSA) is 97.8 Å². The highest BCUT2D eigenvalue weighted by molar-refractivity contribution is 6.08. The van der Waals surface area contributed by atoms with E-state index >= 15 is 0 Å². The number of ether oxygens (including phenoxy) is 2. The zero-order chi connectivity index (χ0) is 21.0. The van der Waals surface area contributed by atoms with Crippen molar-refractivity contribution >= 4 is 34.2 Å². The number of carbonyl (C=O) groups is 2. The number of phenols is 1. The monoisotopic (exact) mass is 394 g/mol. The molecule has 0 unspecified atom stereocenters. The van der Waals surface area contributed by atoms with Gasteiger partial charge < -0.3 is 19.9 Å². The van der Waals surface area contributed by atoms with Crippen LogP contribution in [-0.4, -0.2) is 35.2 Å². The van der Waals surface area contributed by atoms with E-state index in [-0.39, 0.29) is 24.5 Å². The summed E-state index contributed by atoms with van der Waals surface area (Å²) in [5.74, 6) is -1.00. The Labute approximate surface area is 168 Å². The highest BCUT2D eigenvalue weighted by Gasteiger charge is 2.19. The average molecular weight is 394 g/mol. The number of hydrogen-bond acceptors (Lipinski definition) is 7. The third-order valence-electron chi connectivity index (χ3n) is 4.29. The molecule has 2 N–H and O–H groups in total. The van der Waals surface area contributed by atoms with Crippen LogP contribution in [0.2, 0.25) is 0 Å². The van der Waals surface area contributed by atoms with Gasteiger partial charge in [-0.15, -0.1) is 0 Å². The fourth-order valence-electron chi connectivity index (χ4n) is 2.92. The first-order valence-corrected chi connectivity index (χ1v) is 9.28. The first-order chi connectivity index (χ1) is 13.9. The zero-order valence-electron chi connectivity index (χ0n) is 16.5. The molecule has 0 aliphatic rings. The molecule has 0 fully saturated rings. The summed E-state index contributed by atoms with van der Waals surface area (Å²) in [5, 5.41) is 13.9. The van der Waals surface area contributed by atoms with Crippen molar-refractivity contribution in [1.29, 1.82) is 0 Å². The Balaban J connectivity index is 2.21. The van der Waals surface area contributed by atoms with E-state index in [1.165, 1.54) is 6.20 Å². The number of esters is 2. The number of phenolic OH excluding ortho intramolecular Hbond substituents is 1. The van der Waals surface area contributed by atoms with Crippen LogP contribution in [0.15, 0.2) is 42.6 Å². The molecule has 0 atom stereocenters. The lowest BCUT2D eigenvalue weighted by Gasteiger charge is -2.16. The van der Waals surface area contributed by atoms with Crippen LogP contribution in [0.25, 0.3) is 10.9 Å². The molecule has 7 nitrogen and oxygen atoms in total. The fourth-order valence-corrected chi connectivity index (χ4v) is 2.92. The minimum absolute atomic E-state index is 0.0249. The zero-order valence-corrected chi connectivity index (χ0v) is 16.5. The SMILES string of the molecule is CCOC(=O)c1ccc2ncc(C(=O)OCC)c(Nc3cc(C)ccc3O)c2c1. The van der Waals surface area contributed by atoms with Crippen LogP contribution in [0.5, 0.6) is 5.75 Å². The molecule has 3 rings (SSSR count). The summed E-state index contributed by atoms with van der Waals surface area (Å²) in [6, 6.07) is 10.00. The summed E-state index contributed by atoms with van der Waals surface area (Å²) in [6.07, 6.45) is 1.42. The van der Waals surface area contributed by atoms with Crippen LogP contribution >= 0.6 is 0 Å². The Bertz CT molecular complexity index is 1070. The Morgan fingerprint density at radius 1 is 1.03 bits per heavy atom. The standard InChI is InChI=1S/C22H22N2O5/c1-4-28-21(26)14-7-8-17-15(11-14)20(16(12-23-17)22(27)29-5-2)24-18-10-13(3)6-9-19(18)25/h6-12,25H,4-5H2,1-3H3,(H,23,24). The highest BCUT2D eigenvalue weighted by atomic mass is 16.5. The molecule has 0 amide bonds.